The van der Waals surface area contributed by atoms with E-state index in [1.54, 1.807) is 0 Å². The molecule has 0 saturated carbocycles. The van der Waals surface area contributed by atoms with E-state index in [1.165, 1.54) is 115 Å². The summed E-state index contributed by atoms with van der Waals surface area (Å²) in [6, 6.07) is 0. The maximum atomic E-state index is 2.29. The van der Waals surface area contributed by atoms with E-state index in [9.17, 15) is 0 Å². The van der Waals surface area contributed by atoms with E-state index < -0.39 is 0 Å². The molecule has 15 heavy (non-hydrogen) atoms. The first-order chi connectivity index (χ1) is 7.41. The van der Waals surface area contributed by atoms with Crippen LogP contribution in [0.15, 0.2) is 0 Å². The van der Waals surface area contributed by atoms with Gasteiger partial charge in [-0.2, -0.15) is 0 Å². The molecule has 0 aliphatic heterocycles. The number of rotatable bonds is 12. The Morgan fingerprint density at radius 2 is 0.867 bits per heavy atom. The van der Waals surface area contributed by atoms with Crippen LogP contribution in [0.2, 0.25) is 2.52 Å². The van der Waals surface area contributed by atoms with Crippen LogP contribution in [0.3, 0.4) is 0 Å². The van der Waals surface area contributed by atoms with Crippen LogP contribution in [-0.4, -0.2) is 35.8 Å². The average molecular weight is 237 g/mol. The zero-order valence-electron chi connectivity index (χ0n) is 10.9. The van der Waals surface area contributed by atoms with Crippen LogP contribution >= 0.6 is 0 Å². The molecule has 1 heteroatoms. The summed E-state index contributed by atoms with van der Waals surface area (Å²) in [5.41, 5.74) is 0. The van der Waals surface area contributed by atoms with E-state index >= 15 is 0 Å². The third kappa shape index (κ3) is 15.3. The van der Waals surface area contributed by atoms with Gasteiger partial charge < -0.3 is 0 Å². The average Bonchev–Trinajstić information content (AvgIpc) is 2.26. The Labute approximate surface area is 121 Å². The van der Waals surface area contributed by atoms with Gasteiger partial charge in [0.15, 0.2) is 0 Å². The van der Waals surface area contributed by atoms with Crippen molar-refractivity contribution in [3.05, 3.63) is 0 Å². The van der Waals surface area contributed by atoms with Crippen LogP contribution in [0.25, 0.3) is 0 Å². The van der Waals surface area contributed by atoms with Gasteiger partial charge >= 0.3 is 109 Å². The van der Waals surface area contributed by atoms with Crippen molar-refractivity contribution in [3.63, 3.8) is 0 Å². The van der Waals surface area contributed by atoms with Gasteiger partial charge in [-0.25, -0.2) is 0 Å². The predicted octanol–water partition coefficient (Wildman–Crippen LogP) is 5.27. The molecular weight excluding hydrogens is 208 g/mol. The summed E-state index contributed by atoms with van der Waals surface area (Å²) in [5.74, 6) is 0. The van der Waals surface area contributed by atoms with E-state index in [2.05, 4.69) is 6.92 Å². The normalized spacial score (nSPS) is 10.7. The third-order valence-electron chi connectivity index (χ3n) is 3.10. The molecule has 0 N–H and O–H groups in total. The summed E-state index contributed by atoms with van der Waals surface area (Å²) in [5, 5.41) is 0. The van der Waals surface area contributed by atoms with Gasteiger partial charge in [-0.3, -0.25) is 0 Å². The zero-order chi connectivity index (χ0) is 11.2. The molecule has 0 aliphatic rings. The second-order valence-electron chi connectivity index (χ2n) is 4.74. The van der Waals surface area contributed by atoms with Crippen molar-refractivity contribution in [2.24, 2.45) is 0 Å². The summed E-state index contributed by atoms with van der Waals surface area (Å²) in [7, 11) is 0. The SMILES string of the molecule is CCCCCCCCCCCCC[CH2][Ca]. The van der Waals surface area contributed by atoms with E-state index in [0.29, 0.717) is 0 Å². The molecule has 0 aromatic carbocycles. The fraction of sp³-hybridized carbons (Fsp3) is 1.00. The Morgan fingerprint density at radius 1 is 0.533 bits per heavy atom. The molecule has 0 spiro atoms. The van der Waals surface area contributed by atoms with Crippen LogP contribution in [0.1, 0.15) is 84.0 Å². The standard InChI is InChI=1S/C14H29.Ca/c1-3-5-7-9-11-13-14-12-10-8-6-4-2;/h1,3-14H2,2H3;. The summed E-state index contributed by atoms with van der Waals surface area (Å²) in [6.07, 6.45) is 17.7. The summed E-state index contributed by atoms with van der Waals surface area (Å²) < 4.78 is 1.50. The molecule has 0 heterocycles. The van der Waals surface area contributed by atoms with Crippen LogP contribution in [0.4, 0.5) is 0 Å². The minimum atomic E-state index is 1.38. The maximum absolute atomic E-state index is 2.29. The fourth-order valence-electron chi connectivity index (χ4n) is 2.02. The molecule has 0 rings (SSSR count). The van der Waals surface area contributed by atoms with Crippen molar-refractivity contribution in [2.45, 2.75) is 86.5 Å². The first kappa shape index (κ1) is 16.3. The molecule has 0 aromatic rings. The minimum absolute atomic E-state index is 1.38. The molecule has 0 nitrogen and oxygen atoms in total. The first-order valence-electron chi connectivity index (χ1n) is 7.21. The van der Waals surface area contributed by atoms with Crippen LogP contribution in [0.5, 0.6) is 0 Å². The van der Waals surface area contributed by atoms with Crippen LogP contribution in [0, 0.1) is 0 Å². The van der Waals surface area contributed by atoms with Crippen molar-refractivity contribution < 1.29 is 0 Å². The molecule has 1 radical (unpaired) electrons. The van der Waals surface area contributed by atoms with Gasteiger partial charge in [0.1, 0.15) is 0 Å². The van der Waals surface area contributed by atoms with Gasteiger partial charge in [0.25, 0.3) is 0 Å². The van der Waals surface area contributed by atoms with Crippen molar-refractivity contribution >= 4 is 35.8 Å². The van der Waals surface area contributed by atoms with E-state index in [1.807, 2.05) is 0 Å². The molecule has 0 fully saturated rings. The van der Waals surface area contributed by atoms with Crippen molar-refractivity contribution in [1.29, 1.82) is 0 Å². The van der Waals surface area contributed by atoms with Crippen LogP contribution in [-0.2, 0) is 0 Å². The van der Waals surface area contributed by atoms with Crippen molar-refractivity contribution in [1.82, 2.24) is 0 Å². The number of unbranched alkanes of at least 4 members (excludes halogenated alkanes) is 11. The Kier molecular flexibility index (Phi) is 16.5. The molecule has 0 aromatic heterocycles. The number of hydrogen-bond donors (Lipinski definition) is 0. The number of hydrogen-bond acceptors (Lipinski definition) is 0. The Hall–Kier alpha value is 1.26. The second kappa shape index (κ2) is 15.3. The topological polar surface area (TPSA) is 0 Å². The van der Waals surface area contributed by atoms with Gasteiger partial charge in [0.2, 0.25) is 0 Å². The molecule has 0 atom stereocenters. The fourth-order valence-corrected chi connectivity index (χ4v) is 2.57. The van der Waals surface area contributed by atoms with Gasteiger partial charge in [0.05, 0.1) is 0 Å². The molecule has 0 aliphatic carbocycles. The van der Waals surface area contributed by atoms with E-state index in [4.69, 9.17) is 0 Å². The van der Waals surface area contributed by atoms with Crippen molar-refractivity contribution in [2.75, 3.05) is 0 Å². The molecule has 0 bridgehead atoms. The van der Waals surface area contributed by atoms with E-state index in [0.717, 1.165) is 0 Å². The molecular formula is C14H29Ca. The van der Waals surface area contributed by atoms with Gasteiger partial charge in [-0.05, 0) is 0 Å². The quantitative estimate of drug-likeness (QED) is 0.320. The second-order valence-corrected chi connectivity index (χ2v) is 5.85. The monoisotopic (exact) mass is 237 g/mol. The van der Waals surface area contributed by atoms with Gasteiger partial charge in [-0.1, -0.05) is 13.3 Å². The zero-order valence-corrected chi connectivity index (χ0v) is 13.1. The third-order valence-corrected chi connectivity index (χ3v) is 3.88. The van der Waals surface area contributed by atoms with E-state index in [-0.39, 0.29) is 0 Å². The first-order valence-corrected chi connectivity index (χ1v) is 8.77. The summed E-state index contributed by atoms with van der Waals surface area (Å²) in [4.78, 5) is 0. The predicted molar refractivity (Wildman–Crippen MR) is 71.6 cm³/mol. The summed E-state index contributed by atoms with van der Waals surface area (Å²) in [6.45, 7) is 2.29. The molecule has 87 valence electrons. The van der Waals surface area contributed by atoms with Gasteiger partial charge in [0, 0.05) is 0 Å². The Bertz CT molecular complexity index is 89.5. The van der Waals surface area contributed by atoms with Gasteiger partial charge in [-0.15, -0.1) is 0 Å². The Balaban J connectivity index is 2.81. The molecule has 0 saturated heterocycles. The molecule has 0 amide bonds. The molecule has 0 unspecified atom stereocenters. The summed E-state index contributed by atoms with van der Waals surface area (Å²) >= 11 is 1.50. The Morgan fingerprint density at radius 3 is 1.20 bits per heavy atom. The van der Waals surface area contributed by atoms with Crippen LogP contribution < -0.4 is 0 Å². The van der Waals surface area contributed by atoms with Crippen molar-refractivity contribution in [3.8, 4) is 0 Å².